The van der Waals surface area contributed by atoms with Gasteiger partial charge in [0.1, 0.15) is 0 Å². The van der Waals surface area contributed by atoms with Gasteiger partial charge in [0, 0.05) is 26.1 Å². The molecule has 0 spiro atoms. The van der Waals surface area contributed by atoms with Crippen molar-refractivity contribution < 1.29 is 19.4 Å². The number of likely N-dealkylation sites (N-methyl/N-ethyl adjacent to an activating group) is 1. The lowest BCUT2D eigenvalue weighted by atomic mass is 10.0. The van der Waals surface area contributed by atoms with Gasteiger partial charge in [-0.3, -0.25) is 9.59 Å². The van der Waals surface area contributed by atoms with Crippen LogP contribution in [0.25, 0.3) is 0 Å². The van der Waals surface area contributed by atoms with E-state index in [1.54, 1.807) is 11.9 Å². The largest absolute Gasteiger partial charge is 0.481 e. The Kier molecular flexibility index (Phi) is 4.80. The van der Waals surface area contributed by atoms with E-state index < -0.39 is 5.97 Å². The third-order valence-corrected chi connectivity index (χ3v) is 4.13. The highest BCUT2D eigenvalue weighted by Crippen LogP contribution is 2.32. The minimum Gasteiger partial charge on any atom is -0.481 e. The Morgan fingerprint density at radius 3 is 2.47 bits per heavy atom. The van der Waals surface area contributed by atoms with Crippen molar-refractivity contribution in [2.45, 2.75) is 32.1 Å². The third-order valence-electron chi connectivity index (χ3n) is 4.13. The molecule has 0 aromatic rings. The molecule has 0 saturated heterocycles. The van der Waals surface area contributed by atoms with E-state index in [9.17, 15) is 9.59 Å². The van der Waals surface area contributed by atoms with E-state index in [0.29, 0.717) is 32.4 Å². The second kappa shape index (κ2) is 6.37. The molecule has 5 nitrogen and oxygen atoms in total. The Labute approximate surface area is 113 Å². The molecule has 5 heteroatoms. The number of nitrogens with zero attached hydrogens (tertiary/aromatic N) is 1. The minimum atomic E-state index is -0.772. The molecule has 2 aliphatic carbocycles. The van der Waals surface area contributed by atoms with E-state index in [1.165, 1.54) is 12.8 Å². The van der Waals surface area contributed by atoms with Gasteiger partial charge in [0.05, 0.1) is 12.5 Å². The van der Waals surface area contributed by atoms with E-state index in [1.807, 2.05) is 0 Å². The van der Waals surface area contributed by atoms with Crippen molar-refractivity contribution in [1.29, 1.82) is 0 Å². The van der Waals surface area contributed by atoms with Crippen LogP contribution >= 0.6 is 0 Å². The SMILES string of the molecule is CN(CCOCC1CC1)C(=O)[C@@H]1CC[C@H](C(=O)O)C1. The Bertz CT molecular complexity index is 340. The Balaban J connectivity index is 1.65. The summed E-state index contributed by atoms with van der Waals surface area (Å²) in [4.78, 5) is 24.7. The van der Waals surface area contributed by atoms with Gasteiger partial charge in [-0.15, -0.1) is 0 Å². The standard InChI is InChI=1S/C14H23NO4/c1-15(6-7-19-9-10-2-3-10)13(16)11-4-5-12(8-11)14(17)18/h10-12H,2-9H2,1H3,(H,17,18)/t11-,12+/m1/s1. The van der Waals surface area contributed by atoms with Crippen LogP contribution in [-0.4, -0.2) is 48.7 Å². The van der Waals surface area contributed by atoms with Crippen LogP contribution in [-0.2, 0) is 14.3 Å². The quantitative estimate of drug-likeness (QED) is 0.709. The fourth-order valence-electron chi connectivity index (χ4n) is 2.59. The summed E-state index contributed by atoms with van der Waals surface area (Å²) in [5.41, 5.74) is 0. The van der Waals surface area contributed by atoms with Gasteiger partial charge < -0.3 is 14.7 Å². The highest BCUT2D eigenvalue weighted by atomic mass is 16.5. The summed E-state index contributed by atoms with van der Waals surface area (Å²) in [5.74, 6) is -0.417. The predicted octanol–water partition coefficient (Wildman–Crippen LogP) is 1.37. The summed E-state index contributed by atoms with van der Waals surface area (Å²) in [6.45, 7) is 1.99. The topological polar surface area (TPSA) is 66.8 Å². The minimum absolute atomic E-state index is 0.0683. The first-order chi connectivity index (χ1) is 9.08. The molecule has 0 heterocycles. The lowest BCUT2D eigenvalue weighted by molar-refractivity contribution is -0.141. The van der Waals surface area contributed by atoms with Crippen molar-refractivity contribution in [2.75, 3.05) is 26.8 Å². The summed E-state index contributed by atoms with van der Waals surface area (Å²) >= 11 is 0. The molecular formula is C14H23NO4. The van der Waals surface area contributed by atoms with E-state index >= 15 is 0 Å². The summed E-state index contributed by atoms with van der Waals surface area (Å²) < 4.78 is 5.51. The Morgan fingerprint density at radius 1 is 1.21 bits per heavy atom. The van der Waals surface area contributed by atoms with Crippen LogP contribution in [0.15, 0.2) is 0 Å². The van der Waals surface area contributed by atoms with Crippen LogP contribution in [0.4, 0.5) is 0 Å². The van der Waals surface area contributed by atoms with Crippen molar-refractivity contribution in [1.82, 2.24) is 4.90 Å². The number of carbonyl (C=O) groups is 2. The molecule has 1 N–H and O–H groups in total. The van der Waals surface area contributed by atoms with Gasteiger partial charge in [0.25, 0.3) is 0 Å². The number of aliphatic carboxylic acids is 1. The zero-order valence-corrected chi connectivity index (χ0v) is 11.5. The summed E-state index contributed by atoms with van der Waals surface area (Å²) in [6, 6.07) is 0. The van der Waals surface area contributed by atoms with Gasteiger partial charge in [0.2, 0.25) is 5.91 Å². The number of amides is 1. The predicted molar refractivity (Wildman–Crippen MR) is 69.6 cm³/mol. The van der Waals surface area contributed by atoms with E-state index in [4.69, 9.17) is 9.84 Å². The lowest BCUT2D eigenvalue weighted by Crippen LogP contribution is -2.34. The van der Waals surface area contributed by atoms with E-state index in [-0.39, 0.29) is 17.7 Å². The first-order valence-electron chi connectivity index (χ1n) is 7.13. The molecule has 0 aromatic carbocycles. The fraction of sp³-hybridized carbons (Fsp3) is 0.857. The molecule has 0 bridgehead atoms. The number of rotatable bonds is 7. The van der Waals surface area contributed by atoms with Gasteiger partial charge in [-0.1, -0.05) is 0 Å². The molecule has 2 saturated carbocycles. The molecule has 2 rings (SSSR count). The number of carbonyl (C=O) groups excluding carboxylic acids is 1. The van der Waals surface area contributed by atoms with E-state index in [2.05, 4.69) is 0 Å². The van der Waals surface area contributed by atoms with Crippen LogP contribution in [0.1, 0.15) is 32.1 Å². The number of ether oxygens (including phenoxy) is 1. The van der Waals surface area contributed by atoms with Gasteiger partial charge in [-0.2, -0.15) is 0 Å². The zero-order valence-electron chi connectivity index (χ0n) is 11.5. The number of carboxylic acid groups (broad SMARTS) is 1. The number of carboxylic acids is 1. The molecular weight excluding hydrogens is 246 g/mol. The molecule has 2 atom stereocenters. The first-order valence-corrected chi connectivity index (χ1v) is 7.13. The zero-order chi connectivity index (χ0) is 13.8. The van der Waals surface area contributed by atoms with Crippen LogP contribution in [0.5, 0.6) is 0 Å². The summed E-state index contributed by atoms with van der Waals surface area (Å²) in [5, 5.41) is 8.94. The van der Waals surface area contributed by atoms with Crippen molar-refractivity contribution in [3.8, 4) is 0 Å². The number of hydrogen-bond donors (Lipinski definition) is 1. The normalized spacial score (nSPS) is 26.4. The van der Waals surface area contributed by atoms with Crippen molar-refractivity contribution >= 4 is 11.9 Å². The molecule has 0 aromatic heterocycles. The maximum absolute atomic E-state index is 12.1. The fourth-order valence-corrected chi connectivity index (χ4v) is 2.59. The summed E-state index contributed by atoms with van der Waals surface area (Å²) in [7, 11) is 1.77. The summed E-state index contributed by atoms with van der Waals surface area (Å²) in [6.07, 6.45) is 4.35. The van der Waals surface area contributed by atoms with Crippen molar-refractivity contribution in [3.63, 3.8) is 0 Å². The van der Waals surface area contributed by atoms with Gasteiger partial charge in [0.15, 0.2) is 0 Å². The van der Waals surface area contributed by atoms with E-state index in [0.717, 1.165) is 12.5 Å². The van der Waals surface area contributed by atoms with Crippen molar-refractivity contribution in [2.24, 2.45) is 17.8 Å². The highest BCUT2D eigenvalue weighted by Gasteiger charge is 2.35. The molecule has 2 aliphatic rings. The van der Waals surface area contributed by atoms with Crippen LogP contribution in [0.2, 0.25) is 0 Å². The number of hydrogen-bond acceptors (Lipinski definition) is 3. The maximum atomic E-state index is 12.1. The van der Waals surface area contributed by atoms with Crippen molar-refractivity contribution in [3.05, 3.63) is 0 Å². The molecule has 1 amide bonds. The molecule has 0 radical (unpaired) electrons. The second-order valence-electron chi connectivity index (χ2n) is 5.82. The molecule has 19 heavy (non-hydrogen) atoms. The molecule has 0 unspecified atom stereocenters. The van der Waals surface area contributed by atoms with Crippen LogP contribution in [0.3, 0.4) is 0 Å². The third kappa shape index (κ3) is 4.20. The first kappa shape index (κ1) is 14.3. The molecule has 108 valence electrons. The average molecular weight is 269 g/mol. The highest BCUT2D eigenvalue weighted by molar-refractivity contribution is 5.80. The second-order valence-corrected chi connectivity index (χ2v) is 5.82. The Morgan fingerprint density at radius 2 is 1.89 bits per heavy atom. The van der Waals surface area contributed by atoms with Gasteiger partial charge in [-0.25, -0.2) is 0 Å². The maximum Gasteiger partial charge on any atom is 0.306 e. The lowest BCUT2D eigenvalue weighted by Gasteiger charge is -2.21. The van der Waals surface area contributed by atoms with Gasteiger partial charge in [-0.05, 0) is 38.0 Å². The molecule has 0 aliphatic heterocycles. The average Bonchev–Trinajstić information content (AvgIpc) is 3.06. The smallest absolute Gasteiger partial charge is 0.306 e. The monoisotopic (exact) mass is 269 g/mol. The molecule has 2 fully saturated rings. The van der Waals surface area contributed by atoms with Crippen LogP contribution < -0.4 is 0 Å². The Hall–Kier alpha value is -1.10. The van der Waals surface area contributed by atoms with Gasteiger partial charge >= 0.3 is 5.97 Å². The van der Waals surface area contributed by atoms with Crippen LogP contribution in [0, 0.1) is 17.8 Å².